The van der Waals surface area contributed by atoms with Gasteiger partial charge in [-0.05, 0) is 13.8 Å². The Balaban J connectivity index is 1.28. The maximum absolute atomic E-state index is 12.6. The highest BCUT2D eigenvalue weighted by molar-refractivity contribution is 7.17. The van der Waals surface area contributed by atoms with Gasteiger partial charge in [-0.15, -0.1) is 0 Å². The van der Waals surface area contributed by atoms with E-state index in [0.717, 1.165) is 11.3 Å². The first-order valence-corrected chi connectivity index (χ1v) is 12.2. The first kappa shape index (κ1) is 22.9. The molecule has 8 nitrogen and oxygen atoms in total. The number of Topliss-reactive ketones (excluding diaryl/α,β-unsaturated/α-hetero) is 1. The molecule has 1 amide bonds. The van der Waals surface area contributed by atoms with Crippen LogP contribution >= 0.6 is 34.5 Å². The number of rotatable bonds is 6. The Morgan fingerprint density at radius 1 is 1.15 bits per heavy atom. The number of thiazole rings is 1. The van der Waals surface area contributed by atoms with Crippen molar-refractivity contribution in [2.75, 3.05) is 18.0 Å². The van der Waals surface area contributed by atoms with E-state index < -0.39 is 5.97 Å². The zero-order valence-corrected chi connectivity index (χ0v) is 20.5. The second-order valence-electron chi connectivity index (χ2n) is 8.60. The largest absolute Gasteiger partial charge is 0.477 e. The van der Waals surface area contributed by atoms with Crippen molar-refractivity contribution in [3.05, 3.63) is 56.1 Å². The van der Waals surface area contributed by atoms with Gasteiger partial charge in [0.15, 0.2) is 10.9 Å². The van der Waals surface area contributed by atoms with Crippen molar-refractivity contribution >= 4 is 57.3 Å². The van der Waals surface area contributed by atoms with Crippen LogP contribution in [-0.2, 0) is 0 Å². The SMILES string of the molecule is CC(=O)c1ccc(-c2nc(N3C[C@@H]4C(NC(=O)c5[nH]c(C)c(Cl)c5Cl)[C@@H]4C3)sc2C(=O)O)cc1. The van der Waals surface area contributed by atoms with Gasteiger partial charge in [0.1, 0.15) is 10.6 Å². The van der Waals surface area contributed by atoms with Gasteiger partial charge in [0, 0.05) is 47.8 Å². The number of fused-ring (bicyclic) bond motifs is 1. The lowest BCUT2D eigenvalue weighted by Crippen LogP contribution is -2.34. The lowest BCUT2D eigenvalue weighted by Gasteiger charge is -2.19. The minimum atomic E-state index is -1.04. The predicted molar refractivity (Wildman–Crippen MR) is 131 cm³/mol. The summed E-state index contributed by atoms with van der Waals surface area (Å²) in [6, 6.07) is 6.81. The van der Waals surface area contributed by atoms with E-state index in [2.05, 4.69) is 20.2 Å². The number of nitrogens with zero attached hydrogens (tertiary/aromatic N) is 2. The maximum Gasteiger partial charge on any atom is 0.348 e. The van der Waals surface area contributed by atoms with E-state index in [1.165, 1.54) is 6.92 Å². The molecule has 1 aliphatic heterocycles. The highest BCUT2D eigenvalue weighted by Gasteiger charge is 2.57. The topological polar surface area (TPSA) is 115 Å². The number of aromatic nitrogens is 2. The highest BCUT2D eigenvalue weighted by atomic mass is 35.5. The third-order valence-corrected chi connectivity index (χ3v) is 8.47. The molecule has 11 heteroatoms. The smallest absolute Gasteiger partial charge is 0.348 e. The fourth-order valence-corrected chi connectivity index (χ4v) is 5.86. The number of carbonyl (C=O) groups excluding carboxylic acids is 2. The van der Waals surface area contributed by atoms with Crippen molar-refractivity contribution in [1.82, 2.24) is 15.3 Å². The molecule has 0 bridgehead atoms. The molecule has 3 N–H and O–H groups in total. The summed E-state index contributed by atoms with van der Waals surface area (Å²) in [7, 11) is 0. The monoisotopic (exact) mass is 518 g/mol. The number of aryl methyl sites for hydroxylation is 1. The highest BCUT2D eigenvalue weighted by Crippen LogP contribution is 2.48. The van der Waals surface area contributed by atoms with Crippen molar-refractivity contribution in [1.29, 1.82) is 0 Å². The van der Waals surface area contributed by atoms with Crippen LogP contribution in [0.15, 0.2) is 24.3 Å². The number of halogens is 2. The number of carboxylic acids is 1. The number of aromatic amines is 1. The third kappa shape index (κ3) is 3.87. The number of carbonyl (C=O) groups is 3. The molecule has 1 aromatic carbocycles. The fourth-order valence-electron chi connectivity index (χ4n) is 4.50. The molecule has 0 spiro atoms. The number of amides is 1. The normalized spacial score (nSPS) is 20.8. The minimum absolute atomic E-state index is 0.0275. The summed E-state index contributed by atoms with van der Waals surface area (Å²) in [5.74, 6) is -0.876. The van der Waals surface area contributed by atoms with Gasteiger partial charge in [-0.3, -0.25) is 9.59 Å². The maximum atomic E-state index is 12.6. The molecule has 5 rings (SSSR count). The van der Waals surface area contributed by atoms with Gasteiger partial charge in [-0.25, -0.2) is 9.78 Å². The summed E-state index contributed by atoms with van der Waals surface area (Å²) in [6.45, 7) is 4.57. The van der Waals surface area contributed by atoms with E-state index in [4.69, 9.17) is 23.2 Å². The zero-order valence-electron chi connectivity index (χ0n) is 18.2. The molecule has 34 heavy (non-hydrogen) atoms. The Bertz CT molecular complexity index is 1320. The second-order valence-corrected chi connectivity index (χ2v) is 10.3. The number of aromatic carboxylic acids is 1. The third-order valence-electron chi connectivity index (χ3n) is 6.42. The first-order chi connectivity index (χ1) is 16.2. The van der Waals surface area contributed by atoms with Crippen LogP contribution in [0, 0.1) is 18.8 Å². The summed E-state index contributed by atoms with van der Waals surface area (Å²) in [5.41, 5.74) is 2.50. The number of piperidine rings is 1. The van der Waals surface area contributed by atoms with Crippen LogP contribution in [0.4, 0.5) is 5.13 Å². The Morgan fingerprint density at radius 2 is 1.79 bits per heavy atom. The summed E-state index contributed by atoms with van der Waals surface area (Å²) in [6.07, 6.45) is 0. The first-order valence-electron chi connectivity index (χ1n) is 10.6. The summed E-state index contributed by atoms with van der Waals surface area (Å²) >= 11 is 13.4. The van der Waals surface area contributed by atoms with Crippen LogP contribution in [0.2, 0.25) is 10.0 Å². The van der Waals surface area contributed by atoms with Crippen LogP contribution < -0.4 is 10.2 Å². The number of benzene rings is 1. The molecule has 1 unspecified atom stereocenters. The molecule has 1 saturated heterocycles. The van der Waals surface area contributed by atoms with Crippen LogP contribution in [0.25, 0.3) is 11.3 Å². The zero-order chi connectivity index (χ0) is 24.3. The Labute approximate surface area is 208 Å². The quantitative estimate of drug-likeness (QED) is 0.413. The van der Waals surface area contributed by atoms with Crippen LogP contribution in [0.1, 0.15) is 43.1 Å². The number of carboxylic acid groups (broad SMARTS) is 1. The van der Waals surface area contributed by atoms with E-state index in [9.17, 15) is 19.5 Å². The van der Waals surface area contributed by atoms with Crippen molar-refractivity contribution in [3.8, 4) is 11.3 Å². The predicted octanol–water partition coefficient (Wildman–Crippen LogP) is 4.52. The van der Waals surface area contributed by atoms with Crippen LogP contribution in [0.3, 0.4) is 0 Å². The average molecular weight is 519 g/mol. The Kier molecular flexibility index (Phi) is 5.66. The standard InChI is InChI=1S/C23H20Cl2N4O4S/c1-9-15(24)16(25)19(26-9)21(31)27-18-13-7-29(8-14(13)18)23-28-17(20(34-23)22(32)33)12-5-3-11(4-6-12)10(2)30/h3-6,13-14,18,26H,7-8H2,1-2H3,(H,27,31)(H,32,33)/t13-,14+,18?. The number of ketones is 1. The molecule has 2 fully saturated rings. The molecule has 1 aliphatic carbocycles. The molecule has 3 aromatic rings. The van der Waals surface area contributed by atoms with E-state index in [1.807, 2.05) is 0 Å². The lowest BCUT2D eigenvalue weighted by molar-refractivity contribution is 0.0702. The molecule has 0 radical (unpaired) electrons. The van der Waals surface area contributed by atoms with Gasteiger partial charge in [0.2, 0.25) is 0 Å². The van der Waals surface area contributed by atoms with Gasteiger partial charge >= 0.3 is 5.97 Å². The number of hydrogen-bond donors (Lipinski definition) is 3. The lowest BCUT2D eigenvalue weighted by atomic mass is 10.1. The van der Waals surface area contributed by atoms with Crippen LogP contribution in [0.5, 0.6) is 0 Å². The molecule has 3 heterocycles. The molecule has 1 saturated carbocycles. The average Bonchev–Trinajstić information content (AvgIpc) is 3.19. The van der Waals surface area contributed by atoms with Crippen LogP contribution in [-0.4, -0.2) is 51.9 Å². The summed E-state index contributed by atoms with van der Waals surface area (Å²) in [5, 5.41) is 13.9. The van der Waals surface area contributed by atoms with Crippen molar-refractivity contribution < 1.29 is 19.5 Å². The van der Waals surface area contributed by atoms with Crippen molar-refractivity contribution in [3.63, 3.8) is 0 Å². The number of anilines is 1. The molecule has 3 atom stereocenters. The minimum Gasteiger partial charge on any atom is -0.477 e. The summed E-state index contributed by atoms with van der Waals surface area (Å²) in [4.78, 5) is 45.8. The molecular weight excluding hydrogens is 499 g/mol. The van der Waals surface area contributed by atoms with E-state index in [1.54, 1.807) is 31.2 Å². The van der Waals surface area contributed by atoms with Gasteiger partial charge in [0.25, 0.3) is 5.91 Å². The fraction of sp³-hybridized carbons (Fsp3) is 0.304. The molecule has 2 aromatic heterocycles. The van der Waals surface area contributed by atoms with E-state index >= 15 is 0 Å². The van der Waals surface area contributed by atoms with Gasteiger partial charge in [-0.2, -0.15) is 0 Å². The van der Waals surface area contributed by atoms with Crippen molar-refractivity contribution in [2.45, 2.75) is 19.9 Å². The second kappa shape index (κ2) is 8.41. The Hall–Kier alpha value is -2.88. The molecule has 176 valence electrons. The van der Waals surface area contributed by atoms with Gasteiger partial charge < -0.3 is 20.3 Å². The van der Waals surface area contributed by atoms with E-state index in [0.29, 0.717) is 45.8 Å². The van der Waals surface area contributed by atoms with Gasteiger partial charge in [-0.1, -0.05) is 58.8 Å². The number of hydrogen-bond acceptors (Lipinski definition) is 6. The molecular formula is C23H20Cl2N4O4S. The van der Waals surface area contributed by atoms with E-state index in [-0.39, 0.29) is 45.2 Å². The Morgan fingerprint density at radius 3 is 2.32 bits per heavy atom. The number of nitrogens with one attached hydrogen (secondary N) is 2. The summed E-state index contributed by atoms with van der Waals surface area (Å²) < 4.78 is 0. The van der Waals surface area contributed by atoms with Crippen molar-refractivity contribution in [2.24, 2.45) is 11.8 Å². The van der Waals surface area contributed by atoms with Gasteiger partial charge in [0.05, 0.1) is 15.7 Å². The number of H-pyrrole nitrogens is 1. The molecule has 2 aliphatic rings.